The van der Waals surface area contributed by atoms with Crippen LogP contribution in [0.1, 0.15) is 22.8 Å². The number of hydrogen-bond donors (Lipinski definition) is 1. The lowest BCUT2D eigenvalue weighted by atomic mass is 10.1. The predicted molar refractivity (Wildman–Crippen MR) is 61.3 cm³/mol. The average molecular weight is 217 g/mol. The van der Waals surface area contributed by atoms with Crippen molar-refractivity contribution in [3.05, 3.63) is 53.2 Å². The van der Waals surface area contributed by atoms with E-state index in [0.29, 0.717) is 18.7 Å². The third-order valence-electron chi connectivity index (χ3n) is 2.40. The molecule has 84 valence electrons. The van der Waals surface area contributed by atoms with Crippen LogP contribution in [0.4, 0.5) is 0 Å². The number of hydrogen-bond acceptors (Lipinski definition) is 3. The van der Waals surface area contributed by atoms with Gasteiger partial charge in [0.25, 0.3) is 0 Å². The molecule has 0 spiro atoms. The number of aliphatic hydroxyl groups is 1. The Bertz CT molecular complexity index is 462. The van der Waals surface area contributed by atoms with Gasteiger partial charge >= 0.3 is 0 Å². The fourth-order valence-corrected chi connectivity index (χ4v) is 1.65. The molecule has 0 saturated heterocycles. The van der Waals surface area contributed by atoms with E-state index in [1.165, 1.54) is 11.1 Å². The molecule has 0 saturated carbocycles. The van der Waals surface area contributed by atoms with Gasteiger partial charge in [0.15, 0.2) is 5.89 Å². The van der Waals surface area contributed by atoms with Crippen LogP contribution in [-0.4, -0.2) is 16.7 Å². The van der Waals surface area contributed by atoms with E-state index in [-0.39, 0.29) is 6.61 Å². The van der Waals surface area contributed by atoms with Crippen LogP contribution in [-0.2, 0) is 12.8 Å². The molecule has 1 heterocycles. The van der Waals surface area contributed by atoms with Crippen molar-refractivity contribution in [2.24, 2.45) is 0 Å². The highest BCUT2D eigenvalue weighted by atomic mass is 16.4. The molecule has 0 unspecified atom stereocenters. The van der Waals surface area contributed by atoms with Gasteiger partial charge in [-0.3, -0.25) is 0 Å². The van der Waals surface area contributed by atoms with Gasteiger partial charge in [0.05, 0.1) is 12.8 Å². The first-order valence-corrected chi connectivity index (χ1v) is 5.38. The summed E-state index contributed by atoms with van der Waals surface area (Å²) in [6, 6.07) is 8.28. The van der Waals surface area contributed by atoms with Gasteiger partial charge in [-0.2, -0.15) is 0 Å². The second kappa shape index (κ2) is 4.94. The van der Waals surface area contributed by atoms with Gasteiger partial charge in [0.1, 0.15) is 5.76 Å². The molecular weight excluding hydrogens is 202 g/mol. The molecule has 0 amide bonds. The summed E-state index contributed by atoms with van der Waals surface area (Å²) >= 11 is 0. The van der Waals surface area contributed by atoms with Crippen molar-refractivity contribution in [2.45, 2.75) is 19.8 Å². The van der Waals surface area contributed by atoms with E-state index in [2.05, 4.69) is 30.1 Å². The van der Waals surface area contributed by atoms with Gasteiger partial charge in [-0.05, 0) is 12.5 Å². The van der Waals surface area contributed by atoms with Gasteiger partial charge in [0, 0.05) is 12.8 Å². The van der Waals surface area contributed by atoms with E-state index in [1.807, 2.05) is 6.07 Å². The van der Waals surface area contributed by atoms with Gasteiger partial charge < -0.3 is 9.52 Å². The van der Waals surface area contributed by atoms with Crippen LogP contribution in [0.3, 0.4) is 0 Å². The summed E-state index contributed by atoms with van der Waals surface area (Å²) in [5, 5.41) is 8.77. The Kier molecular flexibility index (Phi) is 3.37. The van der Waals surface area contributed by atoms with Gasteiger partial charge in [-0.1, -0.05) is 29.8 Å². The molecule has 3 heteroatoms. The first-order chi connectivity index (χ1) is 7.78. The molecule has 0 aliphatic heterocycles. The zero-order valence-corrected chi connectivity index (χ0v) is 9.31. The van der Waals surface area contributed by atoms with Gasteiger partial charge in [-0.15, -0.1) is 0 Å². The monoisotopic (exact) mass is 217 g/mol. The lowest BCUT2D eigenvalue weighted by molar-refractivity contribution is 0.286. The Labute approximate surface area is 94.8 Å². The van der Waals surface area contributed by atoms with E-state index < -0.39 is 0 Å². The third-order valence-corrected chi connectivity index (χ3v) is 2.40. The van der Waals surface area contributed by atoms with Crippen molar-refractivity contribution in [2.75, 3.05) is 6.61 Å². The zero-order valence-electron chi connectivity index (χ0n) is 9.31. The highest BCUT2D eigenvalue weighted by Crippen LogP contribution is 2.11. The van der Waals surface area contributed by atoms with Gasteiger partial charge in [0.2, 0.25) is 0 Å². The topological polar surface area (TPSA) is 46.3 Å². The minimum Gasteiger partial charge on any atom is -0.445 e. The summed E-state index contributed by atoms with van der Waals surface area (Å²) in [6.07, 6.45) is 2.91. The summed E-state index contributed by atoms with van der Waals surface area (Å²) in [5.41, 5.74) is 2.43. The predicted octanol–water partition coefficient (Wildman–Crippen LogP) is 2.11. The molecule has 0 aliphatic carbocycles. The average Bonchev–Trinajstić information content (AvgIpc) is 2.66. The molecule has 3 nitrogen and oxygen atoms in total. The number of rotatable bonds is 4. The van der Waals surface area contributed by atoms with Crippen molar-refractivity contribution in [1.82, 2.24) is 4.98 Å². The normalized spacial score (nSPS) is 10.6. The van der Waals surface area contributed by atoms with Crippen LogP contribution in [0.15, 0.2) is 34.9 Å². The quantitative estimate of drug-likeness (QED) is 0.853. The fraction of sp³-hybridized carbons (Fsp3) is 0.308. The first kappa shape index (κ1) is 10.9. The fourth-order valence-electron chi connectivity index (χ4n) is 1.65. The molecular formula is C13H15NO2. The van der Waals surface area contributed by atoms with Crippen LogP contribution < -0.4 is 0 Å². The molecule has 2 aromatic rings. The lowest BCUT2D eigenvalue weighted by Crippen LogP contribution is -1.89. The van der Waals surface area contributed by atoms with Crippen molar-refractivity contribution < 1.29 is 9.52 Å². The van der Waals surface area contributed by atoms with E-state index in [9.17, 15) is 0 Å². The molecule has 0 fully saturated rings. The second-order valence-corrected chi connectivity index (χ2v) is 3.86. The smallest absolute Gasteiger partial charge is 0.198 e. The number of aromatic nitrogens is 1. The van der Waals surface area contributed by atoms with Gasteiger partial charge in [-0.25, -0.2) is 4.98 Å². The number of aliphatic hydroxyl groups excluding tert-OH is 1. The van der Waals surface area contributed by atoms with Crippen molar-refractivity contribution in [1.29, 1.82) is 0 Å². The molecule has 0 bridgehead atoms. The summed E-state index contributed by atoms with van der Waals surface area (Å²) < 4.78 is 5.50. The minimum absolute atomic E-state index is 0.0963. The van der Waals surface area contributed by atoms with E-state index in [0.717, 1.165) is 5.76 Å². The molecule has 1 aromatic heterocycles. The molecule has 16 heavy (non-hydrogen) atoms. The highest BCUT2D eigenvalue weighted by molar-refractivity contribution is 5.24. The Hall–Kier alpha value is -1.61. The first-order valence-electron chi connectivity index (χ1n) is 5.38. The highest BCUT2D eigenvalue weighted by Gasteiger charge is 2.04. The standard InChI is InChI=1S/C13H15NO2/c1-10-3-2-4-11(7-10)8-13-14-9-12(16-13)5-6-15/h2-4,7,9,15H,5-6,8H2,1H3. The maximum absolute atomic E-state index is 8.77. The Morgan fingerprint density at radius 2 is 2.25 bits per heavy atom. The van der Waals surface area contributed by atoms with Crippen LogP contribution in [0.5, 0.6) is 0 Å². The Morgan fingerprint density at radius 3 is 3.00 bits per heavy atom. The molecule has 1 N–H and O–H groups in total. The minimum atomic E-state index is 0.0963. The molecule has 0 radical (unpaired) electrons. The number of nitrogens with zero attached hydrogens (tertiary/aromatic N) is 1. The van der Waals surface area contributed by atoms with Crippen molar-refractivity contribution >= 4 is 0 Å². The van der Waals surface area contributed by atoms with Crippen molar-refractivity contribution in [3.8, 4) is 0 Å². The third kappa shape index (κ3) is 2.70. The molecule has 1 aromatic carbocycles. The number of oxazole rings is 1. The van der Waals surface area contributed by atoms with Crippen LogP contribution in [0, 0.1) is 6.92 Å². The lowest BCUT2D eigenvalue weighted by Gasteiger charge is -1.98. The second-order valence-electron chi connectivity index (χ2n) is 3.86. The largest absolute Gasteiger partial charge is 0.445 e. The van der Waals surface area contributed by atoms with E-state index in [4.69, 9.17) is 9.52 Å². The van der Waals surface area contributed by atoms with Crippen LogP contribution >= 0.6 is 0 Å². The van der Waals surface area contributed by atoms with Crippen molar-refractivity contribution in [3.63, 3.8) is 0 Å². The molecule has 2 rings (SSSR count). The van der Waals surface area contributed by atoms with Crippen LogP contribution in [0.25, 0.3) is 0 Å². The Balaban J connectivity index is 2.08. The summed E-state index contributed by atoms with van der Waals surface area (Å²) in [5.74, 6) is 1.44. The maximum atomic E-state index is 8.77. The summed E-state index contributed by atoms with van der Waals surface area (Å²) in [7, 11) is 0. The van der Waals surface area contributed by atoms with Crippen LogP contribution in [0.2, 0.25) is 0 Å². The summed E-state index contributed by atoms with van der Waals surface area (Å²) in [6.45, 7) is 2.16. The molecule has 0 atom stereocenters. The van der Waals surface area contributed by atoms with E-state index >= 15 is 0 Å². The number of aryl methyl sites for hydroxylation is 1. The van der Waals surface area contributed by atoms with E-state index in [1.54, 1.807) is 6.20 Å². The summed E-state index contributed by atoms with van der Waals surface area (Å²) in [4.78, 5) is 4.18. The Morgan fingerprint density at radius 1 is 1.38 bits per heavy atom. The zero-order chi connectivity index (χ0) is 11.4. The maximum Gasteiger partial charge on any atom is 0.198 e. The SMILES string of the molecule is Cc1cccc(Cc2ncc(CCO)o2)c1. The molecule has 0 aliphatic rings. The number of benzene rings is 1.